The van der Waals surface area contributed by atoms with Gasteiger partial charge in [0.2, 0.25) is 0 Å². The minimum absolute atomic E-state index is 0.188. The van der Waals surface area contributed by atoms with Crippen LogP contribution in [0.5, 0.6) is 0 Å². The maximum Gasteiger partial charge on any atom is 0.348 e. The molecule has 2 heterocycles. The molecule has 0 amide bonds. The number of nitrogens with one attached hydrogen (secondary N) is 1. The van der Waals surface area contributed by atoms with Crippen molar-refractivity contribution in [3.05, 3.63) is 33.8 Å². The minimum Gasteiger partial charge on any atom is -0.477 e. The van der Waals surface area contributed by atoms with E-state index in [1.54, 1.807) is 6.07 Å². The summed E-state index contributed by atoms with van der Waals surface area (Å²) in [5, 5.41) is 15.0. The van der Waals surface area contributed by atoms with Gasteiger partial charge in [-0.05, 0) is 12.1 Å². The third-order valence-electron chi connectivity index (χ3n) is 1.59. The molecule has 0 saturated carbocycles. The Morgan fingerprint density at radius 2 is 2.36 bits per heavy atom. The molecule has 72 valence electrons. The topological polar surface area (TPSA) is 88.0 Å². The van der Waals surface area contributed by atoms with Crippen LogP contribution in [0, 0.1) is 0 Å². The van der Waals surface area contributed by atoms with Gasteiger partial charge >= 0.3 is 11.7 Å². The highest BCUT2D eigenvalue weighted by atomic mass is 32.1. The van der Waals surface area contributed by atoms with Crippen molar-refractivity contribution >= 4 is 17.3 Å². The predicted molar refractivity (Wildman–Crippen MR) is 49.0 cm³/mol. The summed E-state index contributed by atoms with van der Waals surface area (Å²) in [7, 11) is 0. The third-order valence-corrected chi connectivity index (χ3v) is 2.66. The van der Waals surface area contributed by atoms with Crippen LogP contribution in [0.2, 0.25) is 0 Å². The van der Waals surface area contributed by atoms with Crippen molar-refractivity contribution < 1.29 is 9.90 Å². The van der Waals surface area contributed by atoms with Gasteiger partial charge in [-0.3, -0.25) is 0 Å². The van der Waals surface area contributed by atoms with Crippen LogP contribution in [0.1, 0.15) is 9.67 Å². The number of hydrogen-bond acceptors (Lipinski definition) is 4. The largest absolute Gasteiger partial charge is 0.477 e. The van der Waals surface area contributed by atoms with Crippen LogP contribution in [0.15, 0.2) is 23.3 Å². The lowest BCUT2D eigenvalue weighted by Gasteiger charge is -1.90. The molecule has 0 aliphatic heterocycles. The van der Waals surface area contributed by atoms with Crippen LogP contribution in [0.25, 0.3) is 5.00 Å². The number of carbonyl (C=O) groups is 1. The van der Waals surface area contributed by atoms with E-state index in [1.807, 2.05) is 0 Å². The Kier molecular flexibility index (Phi) is 1.93. The fourth-order valence-electron chi connectivity index (χ4n) is 0.977. The molecule has 0 atom stereocenters. The normalized spacial score (nSPS) is 10.3. The quantitative estimate of drug-likeness (QED) is 0.748. The Bertz CT molecular complexity index is 524. The first-order valence-electron chi connectivity index (χ1n) is 3.64. The van der Waals surface area contributed by atoms with E-state index in [9.17, 15) is 9.59 Å². The van der Waals surface area contributed by atoms with Crippen molar-refractivity contribution in [1.29, 1.82) is 0 Å². The van der Waals surface area contributed by atoms with Gasteiger partial charge in [0.15, 0.2) is 0 Å². The monoisotopic (exact) mass is 211 g/mol. The highest BCUT2D eigenvalue weighted by molar-refractivity contribution is 7.16. The Balaban J connectivity index is 2.49. The molecule has 2 aromatic rings. The van der Waals surface area contributed by atoms with Gasteiger partial charge in [-0.25, -0.2) is 19.3 Å². The fourth-order valence-corrected chi connectivity index (χ4v) is 1.79. The van der Waals surface area contributed by atoms with E-state index in [4.69, 9.17) is 5.11 Å². The predicted octanol–water partition coefficient (Wildman–Crippen LogP) is 0.320. The minimum atomic E-state index is -1.00. The molecule has 0 aliphatic carbocycles. The fraction of sp³-hybridized carbons (Fsp3) is 0. The van der Waals surface area contributed by atoms with Gasteiger partial charge in [-0.15, -0.1) is 11.3 Å². The lowest BCUT2D eigenvalue weighted by Crippen LogP contribution is -2.12. The summed E-state index contributed by atoms with van der Waals surface area (Å²) in [4.78, 5) is 21.9. The zero-order chi connectivity index (χ0) is 10.1. The smallest absolute Gasteiger partial charge is 0.348 e. The highest BCUT2D eigenvalue weighted by Crippen LogP contribution is 2.18. The number of rotatable bonds is 2. The number of nitrogens with zero attached hydrogens (tertiary/aromatic N) is 2. The number of aromatic amines is 1. The summed E-state index contributed by atoms with van der Waals surface area (Å²) in [6.07, 6.45) is 1.31. The zero-order valence-corrected chi connectivity index (χ0v) is 7.61. The number of carboxylic acids is 1. The van der Waals surface area contributed by atoms with E-state index in [-0.39, 0.29) is 10.6 Å². The number of thiophene rings is 1. The Labute approximate surface area is 81.4 Å². The van der Waals surface area contributed by atoms with E-state index in [1.165, 1.54) is 17.0 Å². The van der Waals surface area contributed by atoms with E-state index >= 15 is 0 Å². The summed E-state index contributed by atoms with van der Waals surface area (Å²) in [5.74, 6) is -1.00. The van der Waals surface area contributed by atoms with Gasteiger partial charge in [-0.1, -0.05) is 0 Å². The molecular weight excluding hydrogens is 206 g/mol. The van der Waals surface area contributed by atoms with Crippen molar-refractivity contribution in [2.24, 2.45) is 0 Å². The van der Waals surface area contributed by atoms with Crippen LogP contribution in [-0.2, 0) is 0 Å². The number of aromatic carboxylic acids is 1. The molecule has 0 aliphatic rings. The average molecular weight is 211 g/mol. The van der Waals surface area contributed by atoms with Crippen LogP contribution in [0.3, 0.4) is 0 Å². The summed E-state index contributed by atoms with van der Waals surface area (Å²) in [6, 6.07) is 3.01. The van der Waals surface area contributed by atoms with Crippen LogP contribution < -0.4 is 5.69 Å². The molecule has 2 aromatic heterocycles. The van der Waals surface area contributed by atoms with Crippen molar-refractivity contribution in [2.75, 3.05) is 0 Å². The number of H-pyrrole nitrogens is 1. The van der Waals surface area contributed by atoms with Gasteiger partial charge in [0.05, 0.1) is 0 Å². The van der Waals surface area contributed by atoms with Gasteiger partial charge in [0.1, 0.15) is 16.2 Å². The molecule has 0 bridgehead atoms. The molecule has 0 aromatic carbocycles. The van der Waals surface area contributed by atoms with Crippen molar-refractivity contribution in [2.45, 2.75) is 0 Å². The SMILES string of the molecule is O=C(O)c1ccc(-n2cn[nH]c2=O)s1. The molecule has 14 heavy (non-hydrogen) atoms. The number of aromatic nitrogens is 3. The third kappa shape index (κ3) is 1.33. The number of carboxylic acid groups (broad SMARTS) is 1. The van der Waals surface area contributed by atoms with E-state index in [2.05, 4.69) is 10.2 Å². The Morgan fingerprint density at radius 1 is 1.57 bits per heavy atom. The maximum absolute atomic E-state index is 11.1. The maximum atomic E-state index is 11.1. The Hall–Kier alpha value is -1.89. The molecule has 7 heteroatoms. The lowest BCUT2D eigenvalue weighted by molar-refractivity contribution is 0.0702. The molecular formula is C7H5N3O3S. The summed E-state index contributed by atoms with van der Waals surface area (Å²) in [5.41, 5.74) is -0.385. The Morgan fingerprint density at radius 3 is 2.86 bits per heavy atom. The van der Waals surface area contributed by atoms with E-state index in [0.29, 0.717) is 5.00 Å². The van der Waals surface area contributed by atoms with Crippen LogP contribution in [0.4, 0.5) is 0 Å². The van der Waals surface area contributed by atoms with Crippen molar-refractivity contribution in [1.82, 2.24) is 14.8 Å². The van der Waals surface area contributed by atoms with Gasteiger partial charge < -0.3 is 5.11 Å². The van der Waals surface area contributed by atoms with Crippen molar-refractivity contribution in [3.8, 4) is 5.00 Å². The molecule has 0 unspecified atom stereocenters. The zero-order valence-electron chi connectivity index (χ0n) is 6.80. The van der Waals surface area contributed by atoms with Gasteiger partial charge in [0.25, 0.3) is 0 Å². The highest BCUT2D eigenvalue weighted by Gasteiger charge is 2.09. The lowest BCUT2D eigenvalue weighted by atomic mass is 10.5. The first-order valence-corrected chi connectivity index (χ1v) is 4.45. The van der Waals surface area contributed by atoms with E-state index < -0.39 is 5.97 Å². The molecule has 0 radical (unpaired) electrons. The second-order valence-corrected chi connectivity index (χ2v) is 3.54. The number of hydrogen-bond donors (Lipinski definition) is 2. The van der Waals surface area contributed by atoms with Gasteiger partial charge in [-0.2, -0.15) is 5.10 Å². The summed E-state index contributed by atoms with van der Waals surface area (Å²) < 4.78 is 1.25. The molecule has 0 saturated heterocycles. The molecule has 0 spiro atoms. The van der Waals surface area contributed by atoms with E-state index in [0.717, 1.165) is 11.3 Å². The summed E-state index contributed by atoms with van der Waals surface area (Å²) >= 11 is 1.02. The summed E-state index contributed by atoms with van der Waals surface area (Å²) in [6.45, 7) is 0. The van der Waals surface area contributed by atoms with Crippen LogP contribution >= 0.6 is 11.3 Å². The first-order chi connectivity index (χ1) is 6.68. The molecule has 2 rings (SSSR count). The molecule has 2 N–H and O–H groups in total. The van der Waals surface area contributed by atoms with Crippen LogP contribution in [-0.4, -0.2) is 25.8 Å². The second-order valence-electron chi connectivity index (χ2n) is 2.47. The average Bonchev–Trinajstić information content (AvgIpc) is 2.71. The molecule has 0 fully saturated rings. The van der Waals surface area contributed by atoms with Gasteiger partial charge in [0, 0.05) is 0 Å². The van der Waals surface area contributed by atoms with Crippen molar-refractivity contribution in [3.63, 3.8) is 0 Å². The first kappa shape index (κ1) is 8.70. The molecule has 6 nitrogen and oxygen atoms in total. The second kappa shape index (κ2) is 3.11. The standard InChI is InChI=1S/C7H5N3O3S/c11-6(12)4-1-2-5(14-4)10-3-8-9-7(10)13/h1-3H,(H,9,13)(H,11,12).